The Morgan fingerprint density at radius 1 is 1.45 bits per heavy atom. The first-order chi connectivity index (χ1) is 10.6. The molecule has 0 saturated heterocycles. The van der Waals surface area contributed by atoms with Gasteiger partial charge in [-0.3, -0.25) is 9.89 Å². The molecule has 2 aromatic rings. The van der Waals surface area contributed by atoms with Crippen LogP contribution in [0.2, 0.25) is 0 Å². The number of anilines is 1. The molecule has 1 aromatic carbocycles. The zero-order chi connectivity index (χ0) is 15.7. The van der Waals surface area contributed by atoms with Crippen LogP contribution in [0, 0.1) is 0 Å². The van der Waals surface area contributed by atoms with E-state index in [2.05, 4.69) is 27.0 Å². The van der Waals surface area contributed by atoms with Crippen LogP contribution in [0.15, 0.2) is 24.3 Å². The fourth-order valence-electron chi connectivity index (χ4n) is 3.11. The number of nitrogens with two attached hydrogens (primary N) is 1. The van der Waals surface area contributed by atoms with Crippen molar-refractivity contribution in [3.63, 3.8) is 0 Å². The maximum Gasteiger partial charge on any atom is 0.225 e. The number of aromatic nitrogens is 3. The first kappa shape index (κ1) is 14.6. The van der Waals surface area contributed by atoms with Gasteiger partial charge in [-0.25, -0.2) is 4.98 Å². The lowest BCUT2D eigenvalue weighted by Gasteiger charge is -2.39. The third-order valence-electron chi connectivity index (χ3n) is 4.29. The van der Waals surface area contributed by atoms with Crippen LogP contribution >= 0.6 is 0 Å². The van der Waals surface area contributed by atoms with Gasteiger partial charge in [0.25, 0.3) is 0 Å². The van der Waals surface area contributed by atoms with Gasteiger partial charge in [0.15, 0.2) is 5.82 Å². The number of rotatable bonds is 4. The highest BCUT2D eigenvalue weighted by Gasteiger charge is 2.33. The van der Waals surface area contributed by atoms with E-state index in [1.165, 1.54) is 0 Å². The summed E-state index contributed by atoms with van der Waals surface area (Å²) in [6.07, 6.45) is 1.54. The third-order valence-corrected chi connectivity index (χ3v) is 4.29. The van der Waals surface area contributed by atoms with Gasteiger partial charge in [0, 0.05) is 18.2 Å². The minimum atomic E-state index is -0.258. The standard InChI is InChI=1S/C16H21N5O/c1-3-14-18-15(20-19-14)9-21-10(2)8-12(16(17)22)11-6-4-5-7-13(11)21/h4-7,10,12H,3,8-9H2,1-2H3,(H2,17,22)(H,18,19,20)/t10-,12+/m0/s1. The van der Waals surface area contributed by atoms with Crippen molar-refractivity contribution in [1.82, 2.24) is 15.2 Å². The number of hydrogen-bond acceptors (Lipinski definition) is 4. The van der Waals surface area contributed by atoms with Crippen LogP contribution in [-0.2, 0) is 17.8 Å². The number of carbonyl (C=O) groups is 1. The molecule has 0 saturated carbocycles. The Bertz CT molecular complexity index is 681. The number of benzene rings is 1. The number of para-hydroxylation sites is 1. The van der Waals surface area contributed by atoms with Crippen molar-refractivity contribution in [2.45, 2.75) is 45.2 Å². The smallest absolute Gasteiger partial charge is 0.225 e. The van der Waals surface area contributed by atoms with Crippen LogP contribution in [0.4, 0.5) is 5.69 Å². The van der Waals surface area contributed by atoms with Crippen molar-refractivity contribution in [2.24, 2.45) is 5.73 Å². The normalized spacial score (nSPS) is 20.7. The van der Waals surface area contributed by atoms with E-state index >= 15 is 0 Å². The number of aromatic amines is 1. The van der Waals surface area contributed by atoms with E-state index in [9.17, 15) is 4.79 Å². The van der Waals surface area contributed by atoms with Crippen LogP contribution in [0.25, 0.3) is 0 Å². The van der Waals surface area contributed by atoms with Crippen LogP contribution in [-0.4, -0.2) is 27.1 Å². The number of primary amides is 1. The molecule has 2 heterocycles. The van der Waals surface area contributed by atoms with Gasteiger partial charge in [0.2, 0.25) is 5.91 Å². The maximum atomic E-state index is 11.7. The predicted octanol–water partition coefficient (Wildman–Crippen LogP) is 1.73. The molecule has 1 amide bonds. The number of carbonyl (C=O) groups excluding carboxylic acids is 1. The van der Waals surface area contributed by atoms with Gasteiger partial charge in [0.05, 0.1) is 12.5 Å². The molecule has 3 rings (SSSR count). The first-order valence-electron chi connectivity index (χ1n) is 7.65. The number of H-pyrrole nitrogens is 1. The van der Waals surface area contributed by atoms with E-state index in [0.29, 0.717) is 6.54 Å². The van der Waals surface area contributed by atoms with Gasteiger partial charge in [-0.15, -0.1) is 0 Å². The molecule has 2 atom stereocenters. The van der Waals surface area contributed by atoms with Crippen LogP contribution in [0.3, 0.4) is 0 Å². The Morgan fingerprint density at radius 3 is 2.91 bits per heavy atom. The van der Waals surface area contributed by atoms with Crippen molar-refractivity contribution >= 4 is 11.6 Å². The van der Waals surface area contributed by atoms with E-state index in [1.54, 1.807) is 0 Å². The van der Waals surface area contributed by atoms with E-state index in [0.717, 1.165) is 35.7 Å². The van der Waals surface area contributed by atoms with Crippen molar-refractivity contribution in [3.8, 4) is 0 Å². The molecule has 116 valence electrons. The number of fused-ring (bicyclic) bond motifs is 1. The van der Waals surface area contributed by atoms with Crippen LogP contribution in [0.5, 0.6) is 0 Å². The lowest BCUT2D eigenvalue weighted by molar-refractivity contribution is -0.119. The second-order valence-corrected chi connectivity index (χ2v) is 5.78. The molecule has 0 aliphatic carbocycles. The second kappa shape index (κ2) is 5.79. The van der Waals surface area contributed by atoms with Crippen molar-refractivity contribution < 1.29 is 4.79 Å². The largest absolute Gasteiger partial charge is 0.369 e. The Labute approximate surface area is 129 Å². The lowest BCUT2D eigenvalue weighted by Crippen LogP contribution is -2.41. The SMILES string of the molecule is CCc1n[nH]c(CN2c3ccccc3[C@H](C(N)=O)C[C@@H]2C)n1. The molecule has 1 aliphatic rings. The highest BCUT2D eigenvalue weighted by Crippen LogP contribution is 2.38. The number of nitrogens with zero attached hydrogens (tertiary/aromatic N) is 3. The molecule has 0 radical (unpaired) electrons. The van der Waals surface area contributed by atoms with Crippen molar-refractivity contribution in [2.75, 3.05) is 4.90 Å². The molecule has 0 spiro atoms. The van der Waals surface area contributed by atoms with E-state index in [4.69, 9.17) is 5.73 Å². The topological polar surface area (TPSA) is 87.9 Å². The average Bonchev–Trinajstić information content (AvgIpc) is 2.97. The Morgan fingerprint density at radius 2 is 2.23 bits per heavy atom. The van der Waals surface area contributed by atoms with Gasteiger partial charge in [-0.05, 0) is 25.0 Å². The molecule has 1 aliphatic heterocycles. The molecular weight excluding hydrogens is 278 g/mol. The fraction of sp³-hybridized carbons (Fsp3) is 0.438. The van der Waals surface area contributed by atoms with Gasteiger partial charge in [0.1, 0.15) is 5.82 Å². The van der Waals surface area contributed by atoms with Crippen molar-refractivity contribution in [3.05, 3.63) is 41.5 Å². The zero-order valence-electron chi connectivity index (χ0n) is 12.9. The lowest BCUT2D eigenvalue weighted by atomic mass is 9.85. The molecule has 6 nitrogen and oxygen atoms in total. The van der Waals surface area contributed by atoms with Crippen molar-refractivity contribution in [1.29, 1.82) is 0 Å². The minimum Gasteiger partial charge on any atom is -0.369 e. The quantitative estimate of drug-likeness (QED) is 0.900. The van der Waals surface area contributed by atoms with Gasteiger partial charge in [-0.1, -0.05) is 25.1 Å². The van der Waals surface area contributed by atoms with Gasteiger partial charge < -0.3 is 10.6 Å². The second-order valence-electron chi connectivity index (χ2n) is 5.78. The zero-order valence-corrected chi connectivity index (χ0v) is 12.9. The molecule has 1 aromatic heterocycles. The van der Waals surface area contributed by atoms with E-state index < -0.39 is 0 Å². The fourth-order valence-corrected chi connectivity index (χ4v) is 3.11. The molecule has 6 heteroatoms. The monoisotopic (exact) mass is 299 g/mol. The Kier molecular flexibility index (Phi) is 3.83. The summed E-state index contributed by atoms with van der Waals surface area (Å²) >= 11 is 0. The number of nitrogens with one attached hydrogen (secondary N) is 1. The first-order valence-corrected chi connectivity index (χ1v) is 7.65. The summed E-state index contributed by atoms with van der Waals surface area (Å²) in [4.78, 5) is 18.5. The number of aryl methyl sites for hydroxylation is 1. The molecule has 0 bridgehead atoms. The number of hydrogen-bond donors (Lipinski definition) is 2. The highest BCUT2D eigenvalue weighted by molar-refractivity contribution is 5.85. The van der Waals surface area contributed by atoms with E-state index in [1.807, 2.05) is 31.2 Å². The molecule has 0 fully saturated rings. The minimum absolute atomic E-state index is 0.211. The summed E-state index contributed by atoms with van der Waals surface area (Å²) in [5.74, 6) is 1.19. The Hall–Kier alpha value is -2.37. The van der Waals surface area contributed by atoms with Crippen LogP contribution < -0.4 is 10.6 Å². The highest BCUT2D eigenvalue weighted by atomic mass is 16.1. The van der Waals surface area contributed by atoms with Gasteiger partial charge >= 0.3 is 0 Å². The average molecular weight is 299 g/mol. The summed E-state index contributed by atoms with van der Waals surface area (Å²) in [5, 5.41) is 7.18. The summed E-state index contributed by atoms with van der Waals surface area (Å²) in [7, 11) is 0. The maximum absolute atomic E-state index is 11.7. The third kappa shape index (κ3) is 2.56. The predicted molar refractivity (Wildman–Crippen MR) is 84.4 cm³/mol. The number of amides is 1. The van der Waals surface area contributed by atoms with E-state index in [-0.39, 0.29) is 17.9 Å². The summed E-state index contributed by atoms with van der Waals surface area (Å²) in [5.41, 5.74) is 7.64. The molecular formula is C16H21N5O. The molecule has 3 N–H and O–H groups in total. The Balaban J connectivity index is 1.93. The molecule has 0 unspecified atom stereocenters. The summed E-state index contributed by atoms with van der Waals surface area (Å²) < 4.78 is 0. The van der Waals surface area contributed by atoms with Crippen LogP contribution in [0.1, 0.15) is 43.4 Å². The molecule has 22 heavy (non-hydrogen) atoms. The summed E-state index contributed by atoms with van der Waals surface area (Å²) in [6, 6.07) is 8.17. The van der Waals surface area contributed by atoms with Gasteiger partial charge in [-0.2, -0.15) is 5.10 Å². The summed E-state index contributed by atoms with van der Waals surface area (Å²) in [6.45, 7) is 4.79.